The first kappa shape index (κ1) is 15.3. The zero-order valence-corrected chi connectivity index (χ0v) is 10.8. The van der Waals surface area contributed by atoms with Crippen molar-refractivity contribution < 1.29 is 23.7 Å². The summed E-state index contributed by atoms with van der Waals surface area (Å²) < 4.78 is 26.0. The minimum atomic E-state index is -4.11. The number of halogens is 1. The van der Waals surface area contributed by atoms with Gasteiger partial charge >= 0.3 is 0 Å². The maximum Gasteiger partial charge on any atom is 0.244 e. The van der Waals surface area contributed by atoms with Gasteiger partial charge in [0, 0.05) is 12.4 Å². The van der Waals surface area contributed by atoms with Crippen molar-refractivity contribution in [1.82, 2.24) is 9.71 Å². The highest BCUT2D eigenvalue weighted by atomic mass is 35.5. The minimum Gasteiger partial charge on any atom is -0.394 e. The van der Waals surface area contributed by atoms with E-state index in [1.807, 2.05) is 4.72 Å². The van der Waals surface area contributed by atoms with Crippen LogP contribution in [0.3, 0.4) is 0 Å². The Morgan fingerprint density at radius 2 is 1.83 bits per heavy atom. The Morgan fingerprint density at radius 3 is 2.28 bits per heavy atom. The quantitative estimate of drug-likeness (QED) is 0.519. The van der Waals surface area contributed by atoms with Gasteiger partial charge in [-0.3, -0.25) is 4.98 Å². The molecule has 7 nitrogen and oxygen atoms in total. The molecule has 1 heterocycles. The molecule has 0 aliphatic rings. The monoisotopic (exact) mass is 296 g/mol. The third-order valence-corrected chi connectivity index (χ3v) is 4.33. The number of aromatic nitrogens is 1. The van der Waals surface area contributed by atoms with E-state index in [1.165, 1.54) is 12.3 Å². The SMILES string of the molecule is O=S(=O)(NC(CO)(CO)CO)c1cnccc1Cl. The summed E-state index contributed by atoms with van der Waals surface area (Å²) in [6, 6.07) is 1.29. The molecule has 0 unspecified atom stereocenters. The fourth-order valence-corrected chi connectivity index (χ4v) is 2.96. The van der Waals surface area contributed by atoms with Crippen LogP contribution in [-0.4, -0.2) is 54.1 Å². The molecule has 0 fully saturated rings. The molecule has 4 N–H and O–H groups in total. The van der Waals surface area contributed by atoms with E-state index in [1.54, 1.807) is 0 Å². The average Bonchev–Trinajstić information content (AvgIpc) is 2.36. The molecule has 1 rings (SSSR count). The van der Waals surface area contributed by atoms with Crippen LogP contribution in [0.1, 0.15) is 0 Å². The maximum atomic E-state index is 12.0. The van der Waals surface area contributed by atoms with E-state index in [0.29, 0.717) is 0 Å². The summed E-state index contributed by atoms with van der Waals surface area (Å²) in [6.45, 7) is -2.30. The number of nitrogens with zero attached hydrogens (tertiary/aromatic N) is 1. The van der Waals surface area contributed by atoms with Crippen LogP contribution in [0, 0.1) is 0 Å². The topological polar surface area (TPSA) is 120 Å². The number of hydrogen-bond acceptors (Lipinski definition) is 6. The summed E-state index contributed by atoms with van der Waals surface area (Å²) in [5.74, 6) is 0. The van der Waals surface area contributed by atoms with Crippen molar-refractivity contribution in [3.05, 3.63) is 23.5 Å². The molecule has 0 aliphatic carbocycles. The third kappa shape index (κ3) is 3.16. The van der Waals surface area contributed by atoms with Crippen molar-refractivity contribution in [3.8, 4) is 0 Å². The van der Waals surface area contributed by atoms with Crippen LogP contribution >= 0.6 is 11.6 Å². The van der Waals surface area contributed by atoms with Crippen LogP contribution in [0.2, 0.25) is 5.02 Å². The summed E-state index contributed by atoms with van der Waals surface area (Å²) in [5.41, 5.74) is -1.75. The van der Waals surface area contributed by atoms with Gasteiger partial charge in [-0.05, 0) is 6.07 Å². The zero-order chi connectivity index (χ0) is 13.8. The Bertz CT molecular complexity index is 495. The molecule has 0 radical (unpaired) electrons. The van der Waals surface area contributed by atoms with Crippen molar-refractivity contribution in [2.45, 2.75) is 10.4 Å². The number of aliphatic hydroxyl groups excluding tert-OH is 3. The van der Waals surface area contributed by atoms with Gasteiger partial charge in [0.15, 0.2) is 0 Å². The molecule has 1 aromatic rings. The highest BCUT2D eigenvalue weighted by Gasteiger charge is 2.34. The lowest BCUT2D eigenvalue weighted by Gasteiger charge is -2.28. The molecule has 1 aromatic heterocycles. The van der Waals surface area contributed by atoms with E-state index in [-0.39, 0.29) is 9.92 Å². The number of rotatable bonds is 6. The molecule has 0 spiro atoms. The molecular formula is C9H13ClN2O5S. The fraction of sp³-hybridized carbons (Fsp3) is 0.444. The second kappa shape index (κ2) is 5.91. The molecule has 18 heavy (non-hydrogen) atoms. The maximum absolute atomic E-state index is 12.0. The first-order chi connectivity index (χ1) is 8.40. The molecule has 9 heteroatoms. The molecule has 0 saturated carbocycles. The molecule has 0 amide bonds. The minimum absolute atomic E-state index is 0.0554. The van der Waals surface area contributed by atoms with Crippen molar-refractivity contribution in [2.75, 3.05) is 19.8 Å². The van der Waals surface area contributed by atoms with Gasteiger partial charge in [-0.1, -0.05) is 11.6 Å². The highest BCUT2D eigenvalue weighted by molar-refractivity contribution is 7.89. The second-order valence-corrected chi connectivity index (χ2v) is 5.72. The molecule has 0 saturated heterocycles. The Labute approximate surface area is 109 Å². The van der Waals surface area contributed by atoms with Gasteiger partial charge in [-0.15, -0.1) is 0 Å². The van der Waals surface area contributed by atoms with Gasteiger partial charge in [0.2, 0.25) is 10.0 Å². The van der Waals surface area contributed by atoms with E-state index in [2.05, 4.69) is 4.98 Å². The molecule has 102 valence electrons. The predicted molar refractivity (Wildman–Crippen MR) is 63.6 cm³/mol. The van der Waals surface area contributed by atoms with Crippen LogP contribution in [0.25, 0.3) is 0 Å². The Hall–Kier alpha value is -0.770. The largest absolute Gasteiger partial charge is 0.394 e. The number of sulfonamides is 1. The molecule has 0 aliphatic heterocycles. The lowest BCUT2D eigenvalue weighted by molar-refractivity contribution is 0.0582. The van der Waals surface area contributed by atoms with Gasteiger partial charge in [0.25, 0.3) is 0 Å². The first-order valence-electron chi connectivity index (χ1n) is 4.87. The molecule has 0 aromatic carbocycles. The Kier molecular flexibility index (Phi) is 5.02. The summed E-state index contributed by atoms with van der Waals surface area (Å²) in [6.07, 6.45) is 2.35. The van der Waals surface area contributed by atoms with Gasteiger partial charge in [0.05, 0.1) is 24.8 Å². The molecule has 0 atom stereocenters. The number of pyridine rings is 1. The van der Waals surface area contributed by atoms with E-state index in [4.69, 9.17) is 26.9 Å². The van der Waals surface area contributed by atoms with Gasteiger partial charge in [0.1, 0.15) is 10.4 Å². The van der Waals surface area contributed by atoms with Gasteiger partial charge < -0.3 is 15.3 Å². The molecule has 0 bridgehead atoms. The van der Waals surface area contributed by atoms with E-state index in [9.17, 15) is 8.42 Å². The second-order valence-electron chi connectivity index (χ2n) is 3.67. The lowest BCUT2D eigenvalue weighted by atomic mass is 10.1. The van der Waals surface area contributed by atoms with E-state index in [0.717, 1.165) is 6.20 Å². The number of nitrogens with one attached hydrogen (secondary N) is 1. The normalized spacial score (nSPS) is 12.7. The summed E-state index contributed by atoms with van der Waals surface area (Å²) in [7, 11) is -4.11. The Morgan fingerprint density at radius 1 is 1.28 bits per heavy atom. The van der Waals surface area contributed by atoms with Crippen molar-refractivity contribution in [3.63, 3.8) is 0 Å². The molecular weight excluding hydrogens is 284 g/mol. The van der Waals surface area contributed by atoms with Gasteiger partial charge in [-0.2, -0.15) is 4.72 Å². The van der Waals surface area contributed by atoms with E-state index >= 15 is 0 Å². The lowest BCUT2D eigenvalue weighted by Crippen LogP contribution is -2.56. The smallest absolute Gasteiger partial charge is 0.244 e. The van der Waals surface area contributed by atoms with Crippen molar-refractivity contribution in [1.29, 1.82) is 0 Å². The van der Waals surface area contributed by atoms with Crippen molar-refractivity contribution >= 4 is 21.6 Å². The van der Waals surface area contributed by atoms with Crippen LogP contribution in [0.15, 0.2) is 23.4 Å². The summed E-state index contributed by atoms with van der Waals surface area (Å²) in [5, 5.41) is 27.1. The predicted octanol–water partition coefficient (Wildman–Crippen LogP) is -1.27. The number of aliphatic hydroxyl groups is 3. The van der Waals surface area contributed by atoms with Crippen LogP contribution in [0.4, 0.5) is 0 Å². The third-order valence-electron chi connectivity index (χ3n) is 2.28. The Balaban J connectivity index is 3.13. The number of hydrogen-bond donors (Lipinski definition) is 4. The van der Waals surface area contributed by atoms with E-state index < -0.39 is 35.4 Å². The fourth-order valence-electron chi connectivity index (χ4n) is 1.15. The van der Waals surface area contributed by atoms with Crippen LogP contribution < -0.4 is 4.72 Å². The summed E-state index contributed by atoms with van der Waals surface area (Å²) >= 11 is 5.72. The van der Waals surface area contributed by atoms with Crippen molar-refractivity contribution in [2.24, 2.45) is 0 Å². The zero-order valence-electron chi connectivity index (χ0n) is 9.24. The summed E-state index contributed by atoms with van der Waals surface area (Å²) in [4.78, 5) is 3.33. The first-order valence-corrected chi connectivity index (χ1v) is 6.73. The highest BCUT2D eigenvalue weighted by Crippen LogP contribution is 2.20. The standard InChI is InChI=1S/C9H13ClN2O5S/c10-7-1-2-11-3-8(7)18(16,17)12-9(4-13,5-14)6-15/h1-3,12-15H,4-6H2. The van der Waals surface area contributed by atoms with Crippen LogP contribution in [0.5, 0.6) is 0 Å². The van der Waals surface area contributed by atoms with Crippen LogP contribution in [-0.2, 0) is 10.0 Å². The van der Waals surface area contributed by atoms with Gasteiger partial charge in [-0.25, -0.2) is 8.42 Å². The average molecular weight is 297 g/mol.